The molecular weight excluding hydrogens is 406 g/mol. The fourth-order valence-corrected chi connectivity index (χ4v) is 4.31. The predicted octanol–water partition coefficient (Wildman–Crippen LogP) is 2.72. The number of pyridine rings is 1. The van der Waals surface area contributed by atoms with E-state index >= 15 is 0 Å². The maximum Gasteiger partial charge on any atom is 0.291 e. The highest BCUT2D eigenvalue weighted by Gasteiger charge is 2.43. The first-order valence-corrected chi connectivity index (χ1v) is 10.3. The van der Waals surface area contributed by atoms with E-state index in [0.717, 1.165) is 13.1 Å². The Morgan fingerprint density at radius 2 is 1.93 bits per heavy atom. The summed E-state index contributed by atoms with van der Waals surface area (Å²) in [6.07, 6.45) is 1.66. The van der Waals surface area contributed by atoms with Crippen LogP contribution < -0.4 is 5.43 Å². The van der Waals surface area contributed by atoms with Crippen LogP contribution in [0.15, 0.2) is 51.8 Å². The largest absolute Gasteiger partial charge is 0.450 e. The molecule has 1 atom stereocenters. The number of nitrogens with zero attached hydrogens (tertiary/aromatic N) is 3. The van der Waals surface area contributed by atoms with Crippen molar-refractivity contribution >= 4 is 28.5 Å². The number of rotatable bonds is 4. The molecule has 0 aliphatic carbocycles. The third-order valence-corrected chi connectivity index (χ3v) is 5.89. The Morgan fingerprint density at radius 1 is 1.10 bits per heavy atom. The van der Waals surface area contributed by atoms with E-state index in [4.69, 9.17) is 20.8 Å². The SMILES string of the molecule is O=C1c2oc3ccc(Cl)cc3c(=O)c2[C@@H](c2ccccn2)N1CCN1CCOCC1. The van der Waals surface area contributed by atoms with E-state index < -0.39 is 6.04 Å². The number of hydrogen-bond acceptors (Lipinski definition) is 6. The molecule has 1 saturated heterocycles. The van der Waals surface area contributed by atoms with Gasteiger partial charge in [-0.15, -0.1) is 0 Å². The first-order valence-electron chi connectivity index (χ1n) is 9.92. The standard InChI is InChI=1S/C22H20ClN3O4/c23-14-4-5-17-15(13-14)20(27)18-19(16-3-1-2-6-24-16)26(22(28)21(18)30-17)8-7-25-9-11-29-12-10-25/h1-6,13,19H,7-12H2/t19-/m1/s1. The molecule has 1 fully saturated rings. The van der Waals surface area contributed by atoms with Crippen LogP contribution in [0.25, 0.3) is 11.0 Å². The molecule has 2 aliphatic rings. The van der Waals surface area contributed by atoms with E-state index in [2.05, 4.69) is 9.88 Å². The van der Waals surface area contributed by atoms with Crippen LogP contribution >= 0.6 is 11.6 Å². The van der Waals surface area contributed by atoms with E-state index in [1.54, 1.807) is 29.3 Å². The van der Waals surface area contributed by atoms with Crippen LogP contribution in [0.4, 0.5) is 0 Å². The number of hydrogen-bond donors (Lipinski definition) is 0. The van der Waals surface area contributed by atoms with Crippen molar-refractivity contribution in [2.45, 2.75) is 6.04 Å². The summed E-state index contributed by atoms with van der Waals surface area (Å²) in [7, 11) is 0. The number of amides is 1. The van der Waals surface area contributed by atoms with Gasteiger partial charge >= 0.3 is 0 Å². The molecule has 1 amide bonds. The van der Waals surface area contributed by atoms with Gasteiger partial charge in [0.2, 0.25) is 5.76 Å². The third kappa shape index (κ3) is 3.29. The number of aromatic nitrogens is 1. The zero-order valence-electron chi connectivity index (χ0n) is 16.2. The van der Waals surface area contributed by atoms with Crippen molar-refractivity contribution in [3.63, 3.8) is 0 Å². The zero-order chi connectivity index (χ0) is 20.7. The molecule has 5 rings (SSSR count). The highest BCUT2D eigenvalue weighted by Crippen LogP contribution is 2.37. The normalized spacial score (nSPS) is 19.4. The summed E-state index contributed by atoms with van der Waals surface area (Å²) in [5, 5.41) is 0.808. The number of fused-ring (bicyclic) bond motifs is 2. The summed E-state index contributed by atoms with van der Waals surface area (Å²) in [6.45, 7) is 4.16. The van der Waals surface area contributed by atoms with Crippen LogP contribution in [0, 0.1) is 0 Å². The second kappa shape index (κ2) is 7.83. The second-order valence-corrected chi connectivity index (χ2v) is 7.86. The van der Waals surface area contributed by atoms with Crippen LogP contribution in [0.3, 0.4) is 0 Å². The molecule has 7 nitrogen and oxygen atoms in total. The monoisotopic (exact) mass is 425 g/mol. The molecule has 2 aromatic heterocycles. The third-order valence-electron chi connectivity index (χ3n) is 5.66. The molecule has 0 N–H and O–H groups in total. The minimum atomic E-state index is -0.589. The molecule has 30 heavy (non-hydrogen) atoms. The maximum absolute atomic E-state index is 13.4. The molecule has 0 bridgehead atoms. The topological polar surface area (TPSA) is 75.9 Å². The number of carbonyl (C=O) groups excluding carboxylic acids is 1. The molecule has 3 aromatic rings. The minimum absolute atomic E-state index is 0.0902. The predicted molar refractivity (Wildman–Crippen MR) is 112 cm³/mol. The van der Waals surface area contributed by atoms with Crippen molar-refractivity contribution in [1.82, 2.24) is 14.8 Å². The number of benzene rings is 1. The van der Waals surface area contributed by atoms with Gasteiger partial charge in [-0.2, -0.15) is 0 Å². The van der Waals surface area contributed by atoms with Gasteiger partial charge in [0.05, 0.1) is 29.9 Å². The van der Waals surface area contributed by atoms with Gasteiger partial charge in [-0.3, -0.25) is 19.5 Å². The van der Waals surface area contributed by atoms with E-state index in [1.165, 1.54) is 0 Å². The number of ether oxygens (including phenoxy) is 1. The Labute approximate surface area is 177 Å². The summed E-state index contributed by atoms with van der Waals surface area (Å²) in [6, 6.07) is 9.75. The van der Waals surface area contributed by atoms with Gasteiger partial charge < -0.3 is 14.1 Å². The Balaban J connectivity index is 1.60. The van der Waals surface area contributed by atoms with Crippen molar-refractivity contribution in [3.8, 4) is 0 Å². The summed E-state index contributed by atoms with van der Waals surface area (Å²) < 4.78 is 11.3. The first kappa shape index (κ1) is 19.2. The lowest BCUT2D eigenvalue weighted by Crippen LogP contribution is -2.42. The molecule has 1 aromatic carbocycles. The van der Waals surface area contributed by atoms with E-state index in [1.807, 2.05) is 18.2 Å². The molecule has 0 saturated carbocycles. The van der Waals surface area contributed by atoms with Crippen molar-refractivity contribution in [3.05, 3.63) is 74.9 Å². The molecule has 0 radical (unpaired) electrons. The van der Waals surface area contributed by atoms with Gasteiger partial charge in [-0.1, -0.05) is 17.7 Å². The Kier molecular flexibility index (Phi) is 5.02. The van der Waals surface area contributed by atoms with Gasteiger partial charge in [-0.05, 0) is 30.3 Å². The number of carbonyl (C=O) groups is 1. The van der Waals surface area contributed by atoms with Crippen molar-refractivity contribution in [2.75, 3.05) is 39.4 Å². The maximum atomic E-state index is 13.4. The molecule has 154 valence electrons. The van der Waals surface area contributed by atoms with Gasteiger partial charge in [-0.25, -0.2) is 0 Å². The zero-order valence-corrected chi connectivity index (χ0v) is 17.0. The van der Waals surface area contributed by atoms with Gasteiger partial charge in [0.1, 0.15) is 11.6 Å². The van der Waals surface area contributed by atoms with Crippen molar-refractivity contribution < 1.29 is 13.9 Å². The molecule has 8 heteroatoms. The van der Waals surface area contributed by atoms with Crippen molar-refractivity contribution in [2.24, 2.45) is 0 Å². The van der Waals surface area contributed by atoms with Crippen LogP contribution in [-0.4, -0.2) is 60.1 Å². The lowest BCUT2D eigenvalue weighted by molar-refractivity contribution is 0.0314. The van der Waals surface area contributed by atoms with Crippen LogP contribution in [0.2, 0.25) is 5.02 Å². The fourth-order valence-electron chi connectivity index (χ4n) is 4.14. The van der Waals surface area contributed by atoms with E-state index in [-0.39, 0.29) is 17.1 Å². The van der Waals surface area contributed by atoms with Crippen LogP contribution in [0.1, 0.15) is 27.9 Å². The molecule has 0 unspecified atom stereocenters. The molecular formula is C22H20ClN3O4. The van der Waals surface area contributed by atoms with Crippen LogP contribution in [0.5, 0.6) is 0 Å². The Morgan fingerprint density at radius 3 is 2.70 bits per heavy atom. The van der Waals surface area contributed by atoms with Crippen molar-refractivity contribution in [1.29, 1.82) is 0 Å². The fraction of sp³-hybridized carbons (Fsp3) is 0.318. The molecule has 0 spiro atoms. The van der Waals surface area contributed by atoms with Gasteiger partial charge in [0.25, 0.3) is 5.91 Å². The summed E-state index contributed by atoms with van der Waals surface area (Å²) in [4.78, 5) is 35.1. The molecule has 4 heterocycles. The van der Waals surface area contributed by atoms with E-state index in [0.29, 0.717) is 53.6 Å². The lowest BCUT2D eigenvalue weighted by atomic mass is 10.0. The molecule has 2 aliphatic heterocycles. The lowest BCUT2D eigenvalue weighted by Gasteiger charge is -2.30. The summed E-state index contributed by atoms with van der Waals surface area (Å²) in [5.74, 6) is -0.199. The smallest absolute Gasteiger partial charge is 0.291 e. The quantitative estimate of drug-likeness (QED) is 0.639. The van der Waals surface area contributed by atoms with Crippen LogP contribution in [-0.2, 0) is 4.74 Å². The highest BCUT2D eigenvalue weighted by atomic mass is 35.5. The number of halogens is 1. The van der Waals surface area contributed by atoms with Gasteiger partial charge in [0.15, 0.2) is 5.43 Å². The summed E-state index contributed by atoms with van der Waals surface area (Å²) in [5.41, 5.74) is 1.08. The highest BCUT2D eigenvalue weighted by molar-refractivity contribution is 6.31. The minimum Gasteiger partial charge on any atom is -0.450 e. The average Bonchev–Trinajstić information content (AvgIpc) is 3.06. The van der Waals surface area contributed by atoms with Gasteiger partial charge in [0, 0.05) is 37.4 Å². The van der Waals surface area contributed by atoms with E-state index in [9.17, 15) is 9.59 Å². The Bertz CT molecular complexity index is 1160. The Hall–Kier alpha value is -2.74. The number of morpholine rings is 1. The second-order valence-electron chi connectivity index (χ2n) is 7.42. The summed E-state index contributed by atoms with van der Waals surface area (Å²) >= 11 is 6.10. The average molecular weight is 426 g/mol. The first-order chi connectivity index (χ1) is 14.6.